The maximum Gasteiger partial charge on any atom is 0.422 e. The summed E-state index contributed by atoms with van der Waals surface area (Å²) in [5, 5.41) is 2.80. The van der Waals surface area contributed by atoms with Crippen LogP contribution in [0.2, 0.25) is 0 Å². The third-order valence-electron chi connectivity index (χ3n) is 4.33. The highest BCUT2D eigenvalue weighted by Gasteiger charge is 2.41. The summed E-state index contributed by atoms with van der Waals surface area (Å²) >= 11 is 1.58. The van der Waals surface area contributed by atoms with Crippen molar-refractivity contribution in [3.8, 4) is 5.75 Å². The van der Waals surface area contributed by atoms with E-state index in [0.717, 1.165) is 12.8 Å². The van der Waals surface area contributed by atoms with Crippen molar-refractivity contribution in [1.29, 1.82) is 0 Å². The molecule has 1 saturated carbocycles. The van der Waals surface area contributed by atoms with E-state index in [4.69, 9.17) is 10.5 Å². The average Bonchev–Trinajstić information content (AvgIpc) is 3.34. The summed E-state index contributed by atoms with van der Waals surface area (Å²) in [6, 6.07) is 4.57. The lowest BCUT2D eigenvalue weighted by Gasteiger charge is -2.41. The van der Waals surface area contributed by atoms with E-state index in [0.29, 0.717) is 17.1 Å². The van der Waals surface area contributed by atoms with Crippen LogP contribution in [0.1, 0.15) is 41.1 Å². The van der Waals surface area contributed by atoms with Gasteiger partial charge < -0.3 is 15.8 Å². The molecule has 9 heteroatoms. The van der Waals surface area contributed by atoms with Crippen LogP contribution in [-0.4, -0.2) is 41.6 Å². The Morgan fingerprint density at radius 3 is 2.50 bits per heavy atom. The van der Waals surface area contributed by atoms with Crippen LogP contribution in [0, 0.1) is 0 Å². The molecule has 142 valence electrons. The van der Waals surface area contributed by atoms with Crippen LogP contribution in [0.3, 0.4) is 0 Å². The molecule has 1 saturated heterocycles. The lowest BCUT2D eigenvalue weighted by atomic mass is 9.97. The fraction of sp³-hybridized carbons (Fsp3) is 0.529. The maximum absolute atomic E-state index is 12.5. The fourth-order valence-corrected chi connectivity index (χ4v) is 3.95. The number of primary amides is 1. The van der Waals surface area contributed by atoms with Crippen LogP contribution in [0.25, 0.3) is 0 Å². The number of hydrogen-bond donors (Lipinski definition) is 2. The molecule has 26 heavy (non-hydrogen) atoms. The summed E-state index contributed by atoms with van der Waals surface area (Å²) in [7, 11) is 0. The predicted octanol–water partition coefficient (Wildman–Crippen LogP) is 2.60. The summed E-state index contributed by atoms with van der Waals surface area (Å²) in [4.78, 5) is 23.8. The summed E-state index contributed by atoms with van der Waals surface area (Å²) < 4.78 is 42.4. The first kappa shape index (κ1) is 18.9. The second-order valence-electron chi connectivity index (χ2n) is 6.80. The number of benzene rings is 1. The number of ether oxygens (including phenoxy) is 1. The zero-order valence-electron chi connectivity index (χ0n) is 13.9. The Morgan fingerprint density at radius 2 is 2.00 bits per heavy atom. The van der Waals surface area contributed by atoms with Gasteiger partial charge in [0, 0.05) is 17.1 Å². The number of thioether (sulfide) groups is 1. The first-order valence-electron chi connectivity index (χ1n) is 8.19. The van der Waals surface area contributed by atoms with E-state index in [1.807, 2.05) is 0 Å². The van der Waals surface area contributed by atoms with E-state index in [2.05, 4.69) is 5.32 Å². The van der Waals surface area contributed by atoms with E-state index >= 15 is 0 Å². The van der Waals surface area contributed by atoms with Crippen LogP contribution in [-0.2, 0) is 4.79 Å². The average molecular weight is 388 g/mol. The van der Waals surface area contributed by atoms with Gasteiger partial charge in [0.1, 0.15) is 5.75 Å². The molecule has 3 rings (SSSR count). The van der Waals surface area contributed by atoms with E-state index in [9.17, 15) is 22.8 Å². The zero-order chi connectivity index (χ0) is 18.9. The Bertz CT molecular complexity index is 716. The van der Waals surface area contributed by atoms with Crippen LogP contribution in [0.5, 0.6) is 5.75 Å². The number of carbonyl (C=O) groups is 2. The van der Waals surface area contributed by atoms with Crippen molar-refractivity contribution in [2.75, 3.05) is 18.1 Å². The van der Waals surface area contributed by atoms with Crippen LogP contribution in [0.4, 0.5) is 13.2 Å². The quantitative estimate of drug-likeness (QED) is 0.752. The van der Waals surface area contributed by atoms with Crippen molar-refractivity contribution in [2.24, 2.45) is 5.73 Å². The van der Waals surface area contributed by atoms with E-state index < -0.39 is 30.1 Å². The number of carbonyl (C=O) groups excluding carboxylic acids is 2. The van der Waals surface area contributed by atoms with Gasteiger partial charge in [-0.1, -0.05) is 6.07 Å². The number of alkyl halides is 3. The van der Waals surface area contributed by atoms with Crippen molar-refractivity contribution >= 4 is 23.6 Å². The SMILES string of the molecule is NC(=O)CC1(NC(=O)c2ccc(C3CC3)c(OCC(F)(F)F)c2)CSC1. The highest BCUT2D eigenvalue weighted by Crippen LogP contribution is 2.45. The van der Waals surface area contributed by atoms with Crippen molar-refractivity contribution in [1.82, 2.24) is 5.32 Å². The normalized spacial score (nSPS) is 18.7. The summed E-state index contributed by atoms with van der Waals surface area (Å²) in [5.41, 5.74) is 5.45. The van der Waals surface area contributed by atoms with Crippen molar-refractivity contribution < 1.29 is 27.5 Å². The molecule has 2 amide bonds. The largest absolute Gasteiger partial charge is 0.484 e. The molecular formula is C17H19F3N2O3S. The van der Waals surface area contributed by atoms with Gasteiger partial charge in [-0.15, -0.1) is 0 Å². The van der Waals surface area contributed by atoms with Gasteiger partial charge in [-0.05, 0) is 36.5 Å². The predicted molar refractivity (Wildman–Crippen MR) is 91.3 cm³/mol. The minimum absolute atomic E-state index is 0.0311. The monoisotopic (exact) mass is 388 g/mol. The molecule has 5 nitrogen and oxygen atoms in total. The standard InChI is InChI=1S/C17H19F3N2O3S/c18-17(19,20)7-25-13-5-11(3-4-12(13)10-1-2-10)15(24)22-16(6-14(21)23)8-26-9-16/h3-5,10H,1-2,6-9H2,(H2,21,23)(H,22,24). The van der Waals surface area contributed by atoms with Gasteiger partial charge >= 0.3 is 6.18 Å². The summed E-state index contributed by atoms with van der Waals surface area (Å²) in [6.45, 7) is -1.40. The molecule has 0 atom stereocenters. The number of halogens is 3. The van der Waals surface area contributed by atoms with Gasteiger partial charge in [-0.2, -0.15) is 24.9 Å². The molecular weight excluding hydrogens is 369 g/mol. The zero-order valence-corrected chi connectivity index (χ0v) is 14.7. The van der Waals surface area contributed by atoms with Gasteiger partial charge in [-0.25, -0.2) is 0 Å². The summed E-state index contributed by atoms with van der Waals surface area (Å²) in [5.74, 6) is 0.442. The Balaban J connectivity index is 1.76. The smallest absolute Gasteiger partial charge is 0.422 e. The molecule has 0 spiro atoms. The number of nitrogens with two attached hydrogens (primary N) is 1. The lowest BCUT2D eigenvalue weighted by Crippen LogP contribution is -2.59. The molecule has 1 heterocycles. The van der Waals surface area contributed by atoms with Crippen molar-refractivity contribution in [3.63, 3.8) is 0 Å². The topological polar surface area (TPSA) is 81.4 Å². The van der Waals surface area contributed by atoms with Crippen LogP contribution >= 0.6 is 11.8 Å². The first-order chi connectivity index (χ1) is 12.2. The minimum atomic E-state index is -4.45. The molecule has 0 unspecified atom stereocenters. The molecule has 0 aromatic heterocycles. The second-order valence-corrected chi connectivity index (χ2v) is 7.79. The first-order valence-corrected chi connectivity index (χ1v) is 9.35. The van der Waals surface area contributed by atoms with E-state index in [-0.39, 0.29) is 23.7 Å². The summed E-state index contributed by atoms with van der Waals surface area (Å²) in [6.07, 6.45) is -2.63. The molecule has 1 aromatic rings. The molecule has 0 radical (unpaired) electrons. The van der Waals surface area contributed by atoms with E-state index in [1.54, 1.807) is 23.9 Å². The maximum atomic E-state index is 12.5. The van der Waals surface area contributed by atoms with Crippen LogP contribution in [0.15, 0.2) is 18.2 Å². The Hall–Kier alpha value is -1.90. The van der Waals surface area contributed by atoms with Gasteiger partial charge in [-0.3, -0.25) is 9.59 Å². The van der Waals surface area contributed by atoms with Gasteiger partial charge in [0.15, 0.2) is 6.61 Å². The number of rotatable bonds is 7. The highest BCUT2D eigenvalue weighted by molar-refractivity contribution is 8.00. The number of hydrogen-bond acceptors (Lipinski definition) is 4. The van der Waals surface area contributed by atoms with Gasteiger partial charge in [0.25, 0.3) is 5.91 Å². The van der Waals surface area contributed by atoms with Crippen molar-refractivity contribution in [3.05, 3.63) is 29.3 Å². The molecule has 1 aromatic carbocycles. The molecule has 1 aliphatic carbocycles. The number of nitrogens with one attached hydrogen (secondary N) is 1. The molecule has 3 N–H and O–H groups in total. The van der Waals surface area contributed by atoms with Gasteiger partial charge in [0.05, 0.1) is 12.0 Å². The Morgan fingerprint density at radius 1 is 1.31 bits per heavy atom. The third-order valence-corrected chi connectivity index (χ3v) is 5.85. The lowest BCUT2D eigenvalue weighted by molar-refractivity contribution is -0.153. The fourth-order valence-electron chi connectivity index (χ4n) is 2.91. The minimum Gasteiger partial charge on any atom is -0.484 e. The molecule has 2 fully saturated rings. The molecule has 0 bridgehead atoms. The number of amides is 2. The second kappa shape index (κ2) is 7.02. The third kappa shape index (κ3) is 4.63. The Kier molecular flexibility index (Phi) is 5.09. The highest BCUT2D eigenvalue weighted by atomic mass is 32.2. The van der Waals surface area contributed by atoms with Gasteiger partial charge in [0.2, 0.25) is 5.91 Å². The molecule has 1 aliphatic heterocycles. The van der Waals surface area contributed by atoms with Crippen molar-refractivity contribution in [2.45, 2.75) is 36.9 Å². The van der Waals surface area contributed by atoms with Crippen LogP contribution < -0.4 is 15.8 Å². The molecule has 2 aliphatic rings. The Labute approximate surface area is 152 Å². The van der Waals surface area contributed by atoms with E-state index in [1.165, 1.54) is 6.07 Å².